The molecule has 0 aromatic heterocycles. The molecule has 0 aliphatic carbocycles. The summed E-state index contributed by atoms with van der Waals surface area (Å²) in [6.45, 7) is 2.66. The first kappa shape index (κ1) is 11.4. The van der Waals surface area contributed by atoms with Crippen molar-refractivity contribution in [1.82, 2.24) is 10.2 Å². The molecule has 0 saturated heterocycles. The Labute approximate surface area is 73.6 Å². The Balaban J connectivity index is 3.31. The van der Waals surface area contributed by atoms with Gasteiger partial charge in [0, 0.05) is 20.0 Å². The number of amides is 1. The van der Waals surface area contributed by atoms with Gasteiger partial charge in [0.2, 0.25) is 5.91 Å². The molecule has 72 valence electrons. The van der Waals surface area contributed by atoms with Crippen LogP contribution >= 0.6 is 0 Å². The number of rotatable bonds is 5. The van der Waals surface area contributed by atoms with Gasteiger partial charge in [-0.3, -0.25) is 4.79 Å². The molecule has 0 saturated carbocycles. The lowest BCUT2D eigenvalue weighted by molar-refractivity contribution is -0.119. The van der Waals surface area contributed by atoms with Gasteiger partial charge in [-0.05, 0) is 20.5 Å². The van der Waals surface area contributed by atoms with Gasteiger partial charge < -0.3 is 15.3 Å². The van der Waals surface area contributed by atoms with Gasteiger partial charge in [-0.1, -0.05) is 0 Å². The van der Waals surface area contributed by atoms with Gasteiger partial charge in [0.1, 0.15) is 0 Å². The standard InChI is InChI=1S/C8H18N2O2/c1-7(11)9-5-4-8(12)6-10(2)3/h8,12H,4-6H2,1-3H3,(H,9,11). The van der Waals surface area contributed by atoms with Crippen molar-refractivity contribution >= 4 is 5.91 Å². The molecule has 0 bridgehead atoms. The summed E-state index contributed by atoms with van der Waals surface area (Å²) in [4.78, 5) is 12.4. The summed E-state index contributed by atoms with van der Waals surface area (Å²) in [5, 5.41) is 12.0. The van der Waals surface area contributed by atoms with Crippen LogP contribution in [-0.4, -0.2) is 49.2 Å². The van der Waals surface area contributed by atoms with Gasteiger partial charge in [0.15, 0.2) is 0 Å². The molecule has 2 N–H and O–H groups in total. The van der Waals surface area contributed by atoms with Crippen molar-refractivity contribution in [2.75, 3.05) is 27.2 Å². The second-order valence-electron chi connectivity index (χ2n) is 3.19. The summed E-state index contributed by atoms with van der Waals surface area (Å²) in [6, 6.07) is 0. The fourth-order valence-corrected chi connectivity index (χ4v) is 0.928. The zero-order valence-corrected chi connectivity index (χ0v) is 8.00. The van der Waals surface area contributed by atoms with E-state index in [0.717, 1.165) is 0 Å². The predicted molar refractivity (Wildman–Crippen MR) is 47.9 cm³/mol. The van der Waals surface area contributed by atoms with Gasteiger partial charge in [0.05, 0.1) is 6.10 Å². The fraction of sp³-hybridized carbons (Fsp3) is 0.875. The third kappa shape index (κ3) is 7.50. The number of aliphatic hydroxyl groups is 1. The Morgan fingerprint density at radius 2 is 2.17 bits per heavy atom. The molecule has 12 heavy (non-hydrogen) atoms. The number of carbonyl (C=O) groups is 1. The molecule has 0 aliphatic heterocycles. The minimum Gasteiger partial charge on any atom is -0.392 e. The molecular formula is C8H18N2O2. The van der Waals surface area contributed by atoms with Gasteiger partial charge in [-0.25, -0.2) is 0 Å². The van der Waals surface area contributed by atoms with E-state index in [1.807, 2.05) is 19.0 Å². The third-order valence-electron chi connectivity index (χ3n) is 1.43. The van der Waals surface area contributed by atoms with Crippen LogP contribution in [0.4, 0.5) is 0 Å². The van der Waals surface area contributed by atoms with Crippen LogP contribution in [0.2, 0.25) is 0 Å². The number of nitrogens with zero attached hydrogens (tertiary/aromatic N) is 1. The SMILES string of the molecule is CC(=O)NCCC(O)CN(C)C. The van der Waals surface area contributed by atoms with E-state index in [1.54, 1.807) is 0 Å². The minimum absolute atomic E-state index is 0.0490. The molecule has 0 heterocycles. The van der Waals surface area contributed by atoms with Crippen LogP contribution in [0.3, 0.4) is 0 Å². The van der Waals surface area contributed by atoms with Crippen LogP contribution in [0.5, 0.6) is 0 Å². The molecule has 4 heteroatoms. The molecule has 0 aromatic carbocycles. The summed E-state index contributed by atoms with van der Waals surface area (Å²) in [5.41, 5.74) is 0. The molecule has 1 unspecified atom stereocenters. The Bertz CT molecular complexity index is 137. The topological polar surface area (TPSA) is 52.6 Å². The van der Waals surface area contributed by atoms with E-state index in [0.29, 0.717) is 19.5 Å². The maximum absolute atomic E-state index is 10.4. The van der Waals surface area contributed by atoms with Crippen molar-refractivity contribution in [2.45, 2.75) is 19.4 Å². The van der Waals surface area contributed by atoms with Gasteiger partial charge in [-0.15, -0.1) is 0 Å². The third-order valence-corrected chi connectivity index (χ3v) is 1.43. The van der Waals surface area contributed by atoms with E-state index in [-0.39, 0.29) is 12.0 Å². The Morgan fingerprint density at radius 1 is 1.58 bits per heavy atom. The lowest BCUT2D eigenvalue weighted by Gasteiger charge is -2.15. The van der Waals surface area contributed by atoms with Gasteiger partial charge in [-0.2, -0.15) is 0 Å². The maximum atomic E-state index is 10.4. The predicted octanol–water partition coefficient (Wildman–Crippen LogP) is -0.565. The number of aliphatic hydroxyl groups excluding tert-OH is 1. The largest absolute Gasteiger partial charge is 0.392 e. The number of hydrogen-bond donors (Lipinski definition) is 2. The molecule has 1 atom stereocenters. The second-order valence-corrected chi connectivity index (χ2v) is 3.19. The summed E-state index contributed by atoms with van der Waals surface area (Å²) in [5.74, 6) is -0.0490. The van der Waals surface area contributed by atoms with E-state index >= 15 is 0 Å². The Kier molecular flexibility index (Phi) is 5.66. The molecule has 0 spiro atoms. The zero-order valence-electron chi connectivity index (χ0n) is 8.00. The van der Waals surface area contributed by atoms with Crippen molar-refractivity contribution in [3.63, 3.8) is 0 Å². The molecule has 0 aliphatic rings. The van der Waals surface area contributed by atoms with E-state index in [4.69, 9.17) is 0 Å². The molecule has 0 rings (SSSR count). The first-order valence-corrected chi connectivity index (χ1v) is 4.09. The highest BCUT2D eigenvalue weighted by Gasteiger charge is 2.04. The van der Waals surface area contributed by atoms with Gasteiger partial charge >= 0.3 is 0 Å². The molecule has 0 fully saturated rings. The van der Waals surface area contributed by atoms with E-state index in [9.17, 15) is 9.90 Å². The quantitative estimate of drug-likeness (QED) is 0.587. The highest BCUT2D eigenvalue weighted by atomic mass is 16.3. The van der Waals surface area contributed by atoms with Crippen molar-refractivity contribution in [1.29, 1.82) is 0 Å². The average molecular weight is 174 g/mol. The van der Waals surface area contributed by atoms with Crippen LogP contribution in [-0.2, 0) is 4.79 Å². The molecule has 4 nitrogen and oxygen atoms in total. The van der Waals surface area contributed by atoms with Crippen molar-refractivity contribution in [3.8, 4) is 0 Å². The van der Waals surface area contributed by atoms with Crippen LogP contribution in [0, 0.1) is 0 Å². The summed E-state index contributed by atoms with van der Waals surface area (Å²) >= 11 is 0. The number of likely N-dealkylation sites (N-methyl/N-ethyl adjacent to an activating group) is 1. The van der Waals surface area contributed by atoms with Crippen LogP contribution < -0.4 is 5.32 Å². The molecule has 0 aromatic rings. The van der Waals surface area contributed by atoms with E-state index in [2.05, 4.69) is 5.32 Å². The highest BCUT2D eigenvalue weighted by molar-refractivity contribution is 5.72. The molecule has 0 radical (unpaired) electrons. The lowest BCUT2D eigenvalue weighted by Crippen LogP contribution is -2.30. The first-order valence-electron chi connectivity index (χ1n) is 4.09. The summed E-state index contributed by atoms with van der Waals surface area (Å²) < 4.78 is 0. The highest BCUT2D eigenvalue weighted by Crippen LogP contribution is 1.91. The monoisotopic (exact) mass is 174 g/mol. The number of nitrogens with one attached hydrogen (secondary N) is 1. The Hall–Kier alpha value is -0.610. The lowest BCUT2D eigenvalue weighted by atomic mass is 10.2. The summed E-state index contributed by atoms with van der Waals surface area (Å²) in [6.07, 6.45) is 0.254. The second kappa shape index (κ2) is 5.97. The normalized spacial score (nSPS) is 13.1. The smallest absolute Gasteiger partial charge is 0.216 e. The minimum atomic E-state index is -0.355. The number of carbonyl (C=O) groups excluding carboxylic acids is 1. The van der Waals surface area contributed by atoms with E-state index in [1.165, 1.54) is 6.92 Å². The first-order chi connectivity index (χ1) is 5.52. The van der Waals surface area contributed by atoms with Crippen LogP contribution in [0.15, 0.2) is 0 Å². The molecular weight excluding hydrogens is 156 g/mol. The van der Waals surface area contributed by atoms with Gasteiger partial charge in [0.25, 0.3) is 0 Å². The fourth-order valence-electron chi connectivity index (χ4n) is 0.928. The Morgan fingerprint density at radius 3 is 2.58 bits per heavy atom. The average Bonchev–Trinajstić information content (AvgIpc) is 1.84. The van der Waals surface area contributed by atoms with Crippen molar-refractivity contribution in [3.05, 3.63) is 0 Å². The maximum Gasteiger partial charge on any atom is 0.216 e. The van der Waals surface area contributed by atoms with Crippen LogP contribution in [0.25, 0.3) is 0 Å². The molecule has 1 amide bonds. The number of hydrogen-bond acceptors (Lipinski definition) is 3. The van der Waals surface area contributed by atoms with Crippen molar-refractivity contribution in [2.24, 2.45) is 0 Å². The van der Waals surface area contributed by atoms with Crippen LogP contribution in [0.1, 0.15) is 13.3 Å². The van der Waals surface area contributed by atoms with Crippen molar-refractivity contribution < 1.29 is 9.90 Å². The van der Waals surface area contributed by atoms with E-state index < -0.39 is 0 Å². The zero-order chi connectivity index (χ0) is 9.56. The summed E-state index contributed by atoms with van der Waals surface area (Å²) in [7, 11) is 3.81.